The molecule has 0 fully saturated rings. The van der Waals surface area contributed by atoms with Gasteiger partial charge in [0, 0.05) is 33.5 Å². The minimum Gasteiger partial charge on any atom is -0.314 e. The third kappa shape index (κ3) is 4.97. The summed E-state index contributed by atoms with van der Waals surface area (Å²) in [6.45, 7) is 13.6. The Morgan fingerprint density at radius 2 is 1.23 bits per heavy atom. The van der Waals surface area contributed by atoms with Gasteiger partial charge >= 0.3 is 0 Å². The standard InChI is InChI=1S/C35H30N2.C3H6/c1-4-6-12-31-32-13-8-10-15-35(32)37(33(31)5-2)30-22-18-27(19-23-30)26-16-20-29(21-17-26)36-25(3)24-28-11-7-9-14-34(28)36;1-3-2/h4-11,13-24H,2,12H2,1,3H3;3H,1H2,2H3/b6-4-;. The number of rotatable bonds is 6. The van der Waals surface area contributed by atoms with Crippen LogP contribution in [-0.4, -0.2) is 9.13 Å². The third-order valence-corrected chi connectivity index (χ3v) is 7.25. The Labute approximate surface area is 237 Å². The average molecular weight is 521 g/mol. The van der Waals surface area contributed by atoms with Gasteiger partial charge in [-0.05, 0) is 92.4 Å². The summed E-state index contributed by atoms with van der Waals surface area (Å²) in [5.41, 5.74) is 10.9. The SMILES string of the molecule is C=CC.C=Cc1c(C/C=C\C)c2ccccc2n1-c1ccc(-c2ccc(-n3c(C)cc4ccccc43)cc2)cc1. The van der Waals surface area contributed by atoms with Crippen molar-refractivity contribution in [3.63, 3.8) is 0 Å². The van der Waals surface area contributed by atoms with Gasteiger partial charge in [-0.1, -0.05) is 85.5 Å². The maximum absolute atomic E-state index is 4.15. The van der Waals surface area contributed by atoms with Crippen LogP contribution >= 0.6 is 0 Å². The summed E-state index contributed by atoms with van der Waals surface area (Å²) >= 11 is 0. The highest BCUT2D eigenvalue weighted by atomic mass is 15.0. The zero-order valence-electron chi connectivity index (χ0n) is 23.6. The highest BCUT2D eigenvalue weighted by Gasteiger charge is 2.15. The molecule has 2 heteroatoms. The van der Waals surface area contributed by atoms with Crippen LogP contribution in [0.2, 0.25) is 0 Å². The molecule has 6 rings (SSSR count). The summed E-state index contributed by atoms with van der Waals surface area (Å²) in [5, 5.41) is 2.55. The predicted octanol–water partition coefficient (Wildman–Crippen LogP) is 10.5. The fourth-order valence-electron chi connectivity index (χ4n) is 5.51. The number of allylic oxidation sites excluding steroid dienone is 3. The van der Waals surface area contributed by atoms with E-state index < -0.39 is 0 Å². The lowest BCUT2D eigenvalue weighted by Gasteiger charge is -2.12. The molecule has 2 heterocycles. The molecule has 0 amide bonds. The van der Waals surface area contributed by atoms with Crippen LogP contribution in [0.5, 0.6) is 0 Å². The van der Waals surface area contributed by atoms with Crippen LogP contribution in [0.15, 0.2) is 135 Å². The van der Waals surface area contributed by atoms with Gasteiger partial charge in [-0.25, -0.2) is 0 Å². The van der Waals surface area contributed by atoms with E-state index in [2.05, 4.69) is 151 Å². The van der Waals surface area contributed by atoms with E-state index in [4.69, 9.17) is 0 Å². The summed E-state index contributed by atoms with van der Waals surface area (Å²) in [5.74, 6) is 0. The van der Waals surface area contributed by atoms with Crippen molar-refractivity contribution < 1.29 is 0 Å². The van der Waals surface area contributed by atoms with Gasteiger partial charge in [0.2, 0.25) is 0 Å². The molecule has 0 aliphatic carbocycles. The van der Waals surface area contributed by atoms with Crippen molar-refractivity contribution in [2.24, 2.45) is 0 Å². The Hall–Kier alpha value is -4.82. The summed E-state index contributed by atoms with van der Waals surface area (Å²) in [6, 6.07) is 37.1. The van der Waals surface area contributed by atoms with Crippen molar-refractivity contribution in [2.75, 3.05) is 0 Å². The summed E-state index contributed by atoms with van der Waals surface area (Å²) in [7, 11) is 0. The molecular formula is C38H36N2. The number of para-hydroxylation sites is 2. The molecule has 0 aliphatic rings. The van der Waals surface area contributed by atoms with Crippen molar-refractivity contribution in [1.82, 2.24) is 9.13 Å². The van der Waals surface area contributed by atoms with Crippen LogP contribution in [-0.2, 0) is 6.42 Å². The second-order valence-electron chi connectivity index (χ2n) is 9.88. The topological polar surface area (TPSA) is 9.86 Å². The summed E-state index contributed by atoms with van der Waals surface area (Å²) in [6.07, 6.45) is 8.95. The second kappa shape index (κ2) is 11.9. The minimum atomic E-state index is 0.895. The van der Waals surface area contributed by atoms with E-state index in [-0.39, 0.29) is 0 Å². The van der Waals surface area contributed by atoms with E-state index in [1.807, 2.05) is 13.0 Å². The molecule has 0 bridgehead atoms. The largest absolute Gasteiger partial charge is 0.314 e. The average Bonchev–Trinajstić information content (AvgIpc) is 3.50. The number of nitrogens with zero attached hydrogens (tertiary/aromatic N) is 2. The zero-order valence-corrected chi connectivity index (χ0v) is 23.6. The van der Waals surface area contributed by atoms with Crippen molar-refractivity contribution in [1.29, 1.82) is 0 Å². The quantitative estimate of drug-likeness (QED) is 0.193. The fourth-order valence-corrected chi connectivity index (χ4v) is 5.51. The number of aryl methyl sites for hydroxylation is 1. The van der Waals surface area contributed by atoms with Gasteiger partial charge in [0.1, 0.15) is 0 Å². The molecule has 0 N–H and O–H groups in total. The van der Waals surface area contributed by atoms with Crippen LogP contribution < -0.4 is 0 Å². The highest BCUT2D eigenvalue weighted by molar-refractivity contribution is 5.90. The maximum Gasteiger partial charge on any atom is 0.0537 e. The first kappa shape index (κ1) is 26.8. The molecule has 2 aromatic heterocycles. The normalized spacial score (nSPS) is 11.1. The van der Waals surface area contributed by atoms with E-state index in [0.717, 1.165) is 17.8 Å². The third-order valence-electron chi connectivity index (χ3n) is 7.25. The lowest BCUT2D eigenvalue weighted by Crippen LogP contribution is -1.98. The monoisotopic (exact) mass is 520 g/mol. The maximum atomic E-state index is 4.15. The molecule has 0 saturated carbocycles. The number of benzene rings is 4. The van der Waals surface area contributed by atoms with E-state index in [9.17, 15) is 0 Å². The fraction of sp³-hybridized carbons (Fsp3) is 0.105. The molecule has 40 heavy (non-hydrogen) atoms. The first-order chi connectivity index (χ1) is 19.6. The highest BCUT2D eigenvalue weighted by Crippen LogP contribution is 2.32. The zero-order chi connectivity index (χ0) is 28.1. The van der Waals surface area contributed by atoms with E-state index >= 15 is 0 Å². The minimum absolute atomic E-state index is 0.895. The Morgan fingerprint density at radius 1 is 0.675 bits per heavy atom. The van der Waals surface area contributed by atoms with Gasteiger partial charge < -0.3 is 9.13 Å². The number of hydrogen-bond acceptors (Lipinski definition) is 0. The van der Waals surface area contributed by atoms with Gasteiger partial charge in [-0.15, -0.1) is 6.58 Å². The molecule has 0 radical (unpaired) electrons. The molecule has 198 valence electrons. The number of fused-ring (bicyclic) bond motifs is 2. The lowest BCUT2D eigenvalue weighted by atomic mass is 10.0. The Morgan fingerprint density at radius 3 is 1.82 bits per heavy atom. The van der Waals surface area contributed by atoms with Gasteiger partial charge in [-0.3, -0.25) is 0 Å². The lowest BCUT2D eigenvalue weighted by molar-refractivity contribution is 1.05. The van der Waals surface area contributed by atoms with Gasteiger partial charge in [0.15, 0.2) is 0 Å². The molecular weight excluding hydrogens is 484 g/mol. The van der Waals surface area contributed by atoms with Gasteiger partial charge in [0.25, 0.3) is 0 Å². The molecule has 6 aromatic rings. The molecule has 0 aliphatic heterocycles. The molecule has 0 spiro atoms. The molecule has 0 saturated heterocycles. The molecule has 0 atom stereocenters. The molecule has 2 nitrogen and oxygen atoms in total. The van der Waals surface area contributed by atoms with Gasteiger partial charge in [-0.2, -0.15) is 0 Å². The van der Waals surface area contributed by atoms with Crippen LogP contribution in [0.25, 0.3) is 50.4 Å². The summed E-state index contributed by atoms with van der Waals surface area (Å²) < 4.78 is 4.65. The number of aromatic nitrogens is 2. The van der Waals surface area contributed by atoms with Crippen molar-refractivity contribution in [3.8, 4) is 22.5 Å². The Bertz CT molecular complexity index is 1810. The van der Waals surface area contributed by atoms with Gasteiger partial charge in [0.05, 0.1) is 11.0 Å². The van der Waals surface area contributed by atoms with Crippen molar-refractivity contribution >= 4 is 27.9 Å². The first-order valence-electron chi connectivity index (χ1n) is 13.8. The van der Waals surface area contributed by atoms with Crippen LogP contribution in [0.3, 0.4) is 0 Å². The molecule has 4 aromatic carbocycles. The number of hydrogen-bond donors (Lipinski definition) is 0. The smallest absolute Gasteiger partial charge is 0.0537 e. The van der Waals surface area contributed by atoms with Crippen LogP contribution in [0.4, 0.5) is 0 Å². The van der Waals surface area contributed by atoms with Crippen LogP contribution in [0, 0.1) is 6.92 Å². The first-order valence-corrected chi connectivity index (χ1v) is 13.8. The van der Waals surface area contributed by atoms with Crippen molar-refractivity contribution in [2.45, 2.75) is 27.2 Å². The van der Waals surface area contributed by atoms with E-state index in [0.29, 0.717) is 0 Å². The predicted molar refractivity (Wildman–Crippen MR) is 175 cm³/mol. The Kier molecular flexibility index (Phi) is 7.98. The van der Waals surface area contributed by atoms with E-state index in [1.165, 1.54) is 49.9 Å². The summed E-state index contributed by atoms with van der Waals surface area (Å²) in [4.78, 5) is 0. The Balaban J connectivity index is 0.00000103. The second-order valence-corrected chi connectivity index (χ2v) is 9.88. The molecule has 0 unspecified atom stereocenters. The van der Waals surface area contributed by atoms with Crippen LogP contribution in [0.1, 0.15) is 30.8 Å². The van der Waals surface area contributed by atoms with E-state index in [1.54, 1.807) is 6.08 Å². The van der Waals surface area contributed by atoms with Crippen molar-refractivity contribution in [3.05, 3.63) is 151 Å².